The normalized spacial score (nSPS) is 10.9. The van der Waals surface area contributed by atoms with E-state index in [9.17, 15) is 4.79 Å². The lowest BCUT2D eigenvalue weighted by molar-refractivity contribution is 0.684. The zero-order valence-electron chi connectivity index (χ0n) is 10.1. The summed E-state index contributed by atoms with van der Waals surface area (Å²) in [4.78, 5) is 21.3. The minimum atomic E-state index is -0.228. The monoisotopic (exact) mass is 272 g/mol. The van der Waals surface area contributed by atoms with E-state index in [1.807, 2.05) is 22.8 Å². The quantitative estimate of drug-likeness (QED) is 0.717. The van der Waals surface area contributed by atoms with E-state index in [1.165, 1.54) is 11.9 Å². The summed E-state index contributed by atoms with van der Waals surface area (Å²) in [7, 11) is 0. The zero-order valence-corrected chi connectivity index (χ0v) is 10.9. The highest BCUT2D eigenvalue weighted by Crippen LogP contribution is 2.07. The number of nitrogens with one attached hydrogen (secondary N) is 2. The van der Waals surface area contributed by atoms with E-state index >= 15 is 0 Å². The van der Waals surface area contributed by atoms with Crippen LogP contribution in [0.4, 0.5) is 0 Å². The molecular formula is C13H12N4OS. The standard InChI is InChI=1S/C13H12N4OS/c18-12-10-11(15-8-14-10)17(13(19)16-12)7-6-9-4-2-1-3-5-9/h1-5,8H,6-7H2,(H,14,15)(H,16,18,19). The molecule has 0 saturated carbocycles. The summed E-state index contributed by atoms with van der Waals surface area (Å²) in [6, 6.07) is 10.1. The van der Waals surface area contributed by atoms with Crippen molar-refractivity contribution >= 4 is 23.4 Å². The van der Waals surface area contributed by atoms with Crippen molar-refractivity contribution in [3.8, 4) is 0 Å². The van der Waals surface area contributed by atoms with Crippen LogP contribution in [-0.4, -0.2) is 19.5 Å². The highest BCUT2D eigenvalue weighted by Gasteiger charge is 2.07. The van der Waals surface area contributed by atoms with E-state index in [0.29, 0.717) is 22.5 Å². The van der Waals surface area contributed by atoms with Crippen molar-refractivity contribution in [3.63, 3.8) is 0 Å². The summed E-state index contributed by atoms with van der Waals surface area (Å²) < 4.78 is 2.25. The van der Waals surface area contributed by atoms with Crippen LogP contribution >= 0.6 is 12.2 Å². The number of hydrogen-bond donors (Lipinski definition) is 2. The average Bonchev–Trinajstić information content (AvgIpc) is 2.89. The first kappa shape index (κ1) is 11.9. The van der Waals surface area contributed by atoms with Crippen LogP contribution in [0, 0.1) is 4.77 Å². The highest BCUT2D eigenvalue weighted by molar-refractivity contribution is 7.71. The highest BCUT2D eigenvalue weighted by atomic mass is 32.1. The second-order valence-corrected chi connectivity index (χ2v) is 4.63. The fourth-order valence-corrected chi connectivity index (χ4v) is 2.35. The number of rotatable bonds is 3. The summed E-state index contributed by atoms with van der Waals surface area (Å²) >= 11 is 5.20. The molecule has 2 aromatic heterocycles. The molecule has 3 rings (SSSR count). The van der Waals surface area contributed by atoms with Crippen molar-refractivity contribution in [2.24, 2.45) is 0 Å². The van der Waals surface area contributed by atoms with Crippen LogP contribution in [0.1, 0.15) is 5.56 Å². The lowest BCUT2D eigenvalue weighted by atomic mass is 10.1. The Morgan fingerprint density at radius 1 is 1.26 bits per heavy atom. The lowest BCUT2D eigenvalue weighted by Gasteiger charge is -2.07. The molecule has 0 saturated heterocycles. The summed E-state index contributed by atoms with van der Waals surface area (Å²) in [6.07, 6.45) is 2.34. The third-order valence-corrected chi connectivity index (χ3v) is 3.36. The van der Waals surface area contributed by atoms with Gasteiger partial charge in [-0.25, -0.2) is 4.98 Å². The van der Waals surface area contributed by atoms with Crippen LogP contribution in [0.5, 0.6) is 0 Å². The lowest BCUT2D eigenvalue weighted by Crippen LogP contribution is -2.15. The Bertz CT molecular complexity index is 816. The Kier molecular flexibility index (Phi) is 3.00. The number of fused-ring (bicyclic) bond motifs is 1. The number of aromatic amines is 2. The first-order valence-electron chi connectivity index (χ1n) is 5.96. The van der Waals surface area contributed by atoms with Gasteiger partial charge in [-0.15, -0.1) is 0 Å². The second-order valence-electron chi connectivity index (χ2n) is 4.25. The molecule has 2 heterocycles. The average molecular weight is 272 g/mol. The minimum Gasteiger partial charge on any atom is -0.339 e. The molecule has 6 heteroatoms. The zero-order chi connectivity index (χ0) is 13.2. The van der Waals surface area contributed by atoms with Crippen LogP contribution < -0.4 is 5.56 Å². The van der Waals surface area contributed by atoms with Crippen LogP contribution in [0.3, 0.4) is 0 Å². The molecule has 5 nitrogen and oxygen atoms in total. The summed E-state index contributed by atoms with van der Waals surface area (Å²) in [5, 5.41) is 0. The van der Waals surface area contributed by atoms with Crippen LogP contribution in [0.2, 0.25) is 0 Å². The topological polar surface area (TPSA) is 66.5 Å². The number of aromatic nitrogens is 4. The van der Waals surface area contributed by atoms with Crippen molar-refractivity contribution in [1.29, 1.82) is 0 Å². The van der Waals surface area contributed by atoms with Gasteiger partial charge in [-0.1, -0.05) is 30.3 Å². The Hall–Kier alpha value is -2.21. The van der Waals surface area contributed by atoms with Gasteiger partial charge in [0.25, 0.3) is 5.56 Å². The van der Waals surface area contributed by atoms with Crippen LogP contribution in [-0.2, 0) is 13.0 Å². The molecule has 0 aliphatic rings. The molecule has 0 spiro atoms. The maximum atomic E-state index is 11.7. The maximum Gasteiger partial charge on any atom is 0.277 e. The number of aryl methyl sites for hydroxylation is 2. The SMILES string of the molecule is O=c1[nH]c(=S)n(CCc2ccccc2)c2nc[nH]c12. The number of nitrogens with zero attached hydrogens (tertiary/aromatic N) is 2. The molecule has 3 aromatic rings. The minimum absolute atomic E-state index is 0.228. The van der Waals surface area contributed by atoms with Gasteiger partial charge < -0.3 is 9.55 Å². The summed E-state index contributed by atoms with van der Waals surface area (Å²) in [5.74, 6) is 0. The van der Waals surface area contributed by atoms with E-state index in [4.69, 9.17) is 12.2 Å². The Morgan fingerprint density at radius 2 is 2.05 bits per heavy atom. The molecule has 0 atom stereocenters. The van der Waals surface area contributed by atoms with Gasteiger partial charge in [-0.3, -0.25) is 9.78 Å². The molecule has 0 aliphatic carbocycles. The largest absolute Gasteiger partial charge is 0.339 e. The van der Waals surface area contributed by atoms with Gasteiger partial charge in [0.05, 0.1) is 6.33 Å². The van der Waals surface area contributed by atoms with E-state index < -0.39 is 0 Å². The molecule has 96 valence electrons. The molecule has 0 radical (unpaired) electrons. The van der Waals surface area contributed by atoms with Gasteiger partial charge in [-0.2, -0.15) is 0 Å². The Labute approximate surface area is 113 Å². The number of imidazole rings is 1. The molecular weight excluding hydrogens is 260 g/mol. The molecule has 0 fully saturated rings. The fraction of sp³-hybridized carbons (Fsp3) is 0.154. The number of H-pyrrole nitrogens is 2. The van der Waals surface area contributed by atoms with E-state index in [1.54, 1.807) is 0 Å². The number of benzene rings is 1. The van der Waals surface area contributed by atoms with Gasteiger partial charge >= 0.3 is 0 Å². The Balaban J connectivity index is 1.99. The predicted molar refractivity (Wildman–Crippen MR) is 75.7 cm³/mol. The Morgan fingerprint density at radius 3 is 2.84 bits per heavy atom. The van der Waals surface area contributed by atoms with Crippen LogP contribution in [0.25, 0.3) is 11.2 Å². The summed E-state index contributed by atoms with van der Waals surface area (Å²) in [5.41, 5.74) is 2.05. The maximum absolute atomic E-state index is 11.7. The van der Waals surface area contributed by atoms with Gasteiger partial charge in [-0.05, 0) is 24.2 Å². The first-order chi connectivity index (χ1) is 9.25. The van der Waals surface area contributed by atoms with E-state index in [2.05, 4.69) is 27.1 Å². The van der Waals surface area contributed by atoms with Gasteiger partial charge in [0.1, 0.15) is 5.52 Å². The van der Waals surface area contributed by atoms with Crippen molar-refractivity contribution in [1.82, 2.24) is 19.5 Å². The molecule has 0 unspecified atom stereocenters. The van der Waals surface area contributed by atoms with Crippen LogP contribution in [0.15, 0.2) is 41.5 Å². The molecule has 2 N–H and O–H groups in total. The molecule has 19 heavy (non-hydrogen) atoms. The molecule has 1 aromatic carbocycles. The first-order valence-corrected chi connectivity index (χ1v) is 6.36. The third kappa shape index (κ3) is 2.22. The van der Waals surface area contributed by atoms with Gasteiger partial charge in [0, 0.05) is 6.54 Å². The van der Waals surface area contributed by atoms with Crippen molar-refractivity contribution < 1.29 is 0 Å². The summed E-state index contributed by atoms with van der Waals surface area (Å²) in [6.45, 7) is 0.682. The van der Waals surface area contributed by atoms with Gasteiger partial charge in [0.15, 0.2) is 10.4 Å². The number of hydrogen-bond acceptors (Lipinski definition) is 3. The van der Waals surface area contributed by atoms with Crippen molar-refractivity contribution in [2.45, 2.75) is 13.0 Å². The van der Waals surface area contributed by atoms with E-state index in [0.717, 1.165) is 6.42 Å². The predicted octanol–water partition coefficient (Wildman–Crippen LogP) is 2.02. The van der Waals surface area contributed by atoms with Crippen molar-refractivity contribution in [2.75, 3.05) is 0 Å². The smallest absolute Gasteiger partial charge is 0.277 e. The third-order valence-electron chi connectivity index (χ3n) is 3.03. The molecule has 0 aliphatic heterocycles. The molecule has 0 bridgehead atoms. The van der Waals surface area contributed by atoms with Crippen molar-refractivity contribution in [3.05, 3.63) is 57.3 Å². The molecule has 0 amide bonds. The van der Waals surface area contributed by atoms with Gasteiger partial charge in [0.2, 0.25) is 0 Å². The second kappa shape index (κ2) is 4.81. The fourth-order valence-electron chi connectivity index (χ4n) is 2.08. The van der Waals surface area contributed by atoms with E-state index in [-0.39, 0.29) is 5.56 Å².